The van der Waals surface area contributed by atoms with Gasteiger partial charge in [-0.2, -0.15) is 0 Å². The Bertz CT molecular complexity index is 5660. The maximum absolute atomic E-state index is 2.37. The lowest BCUT2D eigenvalue weighted by Crippen LogP contribution is -1.97. The first kappa shape index (κ1) is 109. The number of hydrogen-bond donors (Lipinski definition) is 0. The van der Waals surface area contributed by atoms with Gasteiger partial charge >= 0.3 is 0 Å². The molecule has 0 amide bonds. The Morgan fingerprint density at radius 1 is 0.106 bits per heavy atom. The van der Waals surface area contributed by atoms with Gasteiger partial charge in [-0.15, -0.1) is 0 Å². The molecule has 0 heterocycles. The molecule has 0 bridgehead atoms. The predicted molar refractivity (Wildman–Crippen MR) is 597 cm³/mol. The maximum Gasteiger partial charge on any atom is -0.0115 e. The molecule has 0 aromatic heterocycles. The minimum atomic E-state index is 0.587. The fourth-order valence-electron chi connectivity index (χ4n) is 17.7. The normalized spacial score (nSPS) is 11.5. The molecular weight excluding hydrogens is 1590 g/mol. The van der Waals surface area contributed by atoms with Crippen LogP contribution in [0.15, 0.2) is 291 Å². The average Bonchev–Trinajstić information content (AvgIpc) is 1.31. The minimum Gasteiger partial charge on any atom is -0.0620 e. The van der Waals surface area contributed by atoms with E-state index in [1.54, 1.807) is 0 Å². The highest BCUT2D eigenvalue weighted by atomic mass is 14.2. The van der Waals surface area contributed by atoms with Crippen LogP contribution in [0, 0.1) is 0 Å². The van der Waals surface area contributed by atoms with Gasteiger partial charge in [0, 0.05) is 0 Å². The Balaban J connectivity index is 0.000000203. The highest BCUT2D eigenvalue weighted by Crippen LogP contribution is 2.38. The van der Waals surface area contributed by atoms with Crippen LogP contribution in [0.1, 0.15) is 456 Å². The van der Waals surface area contributed by atoms with Crippen LogP contribution < -0.4 is 0 Å². The molecule has 0 heteroatoms. The first-order valence-electron chi connectivity index (χ1n) is 50.9. The molecule has 15 rings (SSSR count). The van der Waals surface area contributed by atoms with Crippen LogP contribution >= 0.6 is 0 Å². The van der Waals surface area contributed by atoms with Gasteiger partial charge in [0.25, 0.3) is 0 Å². The predicted octanol–water partition coefficient (Wildman–Crippen LogP) is 42.3. The van der Waals surface area contributed by atoms with Crippen LogP contribution in [-0.2, 0) is 0 Å². The van der Waals surface area contributed by atoms with E-state index in [1.165, 1.54) is 165 Å². The van der Waals surface area contributed by atoms with Crippen molar-refractivity contribution in [2.45, 2.75) is 356 Å². The number of benzene rings is 15. The van der Waals surface area contributed by atoms with Crippen molar-refractivity contribution in [2.75, 3.05) is 0 Å². The summed E-state index contributed by atoms with van der Waals surface area (Å²) in [6, 6.07) is 107. The third-order valence-electron chi connectivity index (χ3n) is 26.1. The van der Waals surface area contributed by atoms with Gasteiger partial charge in [-0.25, -0.2) is 0 Å². The van der Waals surface area contributed by atoms with Gasteiger partial charge in [0.05, 0.1) is 0 Å². The first-order chi connectivity index (χ1) is 62.4. The molecule has 0 spiro atoms. The van der Waals surface area contributed by atoms with Crippen LogP contribution in [0.4, 0.5) is 0 Å². The minimum absolute atomic E-state index is 0.587. The summed E-state index contributed by atoms with van der Waals surface area (Å²) in [5.41, 5.74) is 26.2. The molecule has 0 aliphatic heterocycles. The standard InChI is InChI=1S/6C16H20.3C12H18/c1-11(2)13-7-5-10-16-14(12(3)4)8-6-9-15(13)16;1-11(2)14-9-5-7-13-8-6-10-15(12(3)4)16(13)14;1-11(2)13-8-9-16-14(10-13)6-5-7-15(16)12(3)4;1-11(2)14-9-8-13-6-5-7-15(12(3)4)16(13)10-14;1-11(2)14-9-13-7-5-6-8-15(13)16(10-14)12(3)4;1-11(2)13-9-10-14(12(3)4)16-8-6-5-7-15(13)16;1-9(2)11-5-7-12(8-6-11)10(3)4;1-9(2)11-6-5-7-12(8-11)10(3)4;1-9(2)11-7-5-6-8-12(11)10(3)4/h6*5-12H,1-4H3;3*5-10H,1-4H3. The van der Waals surface area contributed by atoms with Gasteiger partial charge in [-0.1, -0.05) is 540 Å². The van der Waals surface area contributed by atoms with E-state index in [0.717, 1.165) is 0 Å². The molecule has 0 nitrogen and oxygen atoms in total. The molecule has 0 unspecified atom stereocenters. The average molecular weight is 1760 g/mol. The van der Waals surface area contributed by atoms with Crippen molar-refractivity contribution in [1.29, 1.82) is 0 Å². The molecular formula is C132H174. The fourth-order valence-corrected chi connectivity index (χ4v) is 17.7. The van der Waals surface area contributed by atoms with E-state index < -0.39 is 0 Å². The molecule has 15 aromatic rings. The quantitative estimate of drug-likeness (QED) is 0.0803. The topological polar surface area (TPSA) is 0 Å². The van der Waals surface area contributed by atoms with Crippen molar-refractivity contribution in [3.63, 3.8) is 0 Å². The Morgan fingerprint density at radius 3 is 0.697 bits per heavy atom. The van der Waals surface area contributed by atoms with Crippen LogP contribution in [-0.4, -0.2) is 0 Å². The lowest BCUT2D eigenvalue weighted by Gasteiger charge is -2.16. The summed E-state index contributed by atoms with van der Waals surface area (Å²) in [5, 5.41) is 16.9. The Labute approximate surface area is 806 Å². The van der Waals surface area contributed by atoms with E-state index in [2.05, 4.69) is 540 Å². The van der Waals surface area contributed by atoms with E-state index in [0.29, 0.717) is 107 Å². The SMILES string of the molecule is CC(C)c1cc(C(C)C)c2ccccc2c1.CC(C)c1ccc(C(C)C)c2ccccc12.CC(C)c1ccc(C(C)C)cc1.CC(C)c1ccc2c(C(C)C)cccc2c1.CC(C)c1ccc2cccc(C(C)C)c2c1.CC(C)c1cccc(C(C)C)c1.CC(C)c1cccc2c(C(C)C)cccc12.CC(C)c1cccc2cccc(C(C)C)c12.CC(C)c1ccccc1C(C)C. The maximum atomic E-state index is 2.37. The van der Waals surface area contributed by atoms with E-state index in [-0.39, 0.29) is 0 Å². The second kappa shape index (κ2) is 52.5. The van der Waals surface area contributed by atoms with E-state index in [9.17, 15) is 0 Å². The largest absolute Gasteiger partial charge is 0.0620 e. The van der Waals surface area contributed by atoms with Crippen molar-refractivity contribution in [1.82, 2.24) is 0 Å². The van der Waals surface area contributed by atoms with E-state index >= 15 is 0 Å². The van der Waals surface area contributed by atoms with Crippen molar-refractivity contribution < 1.29 is 0 Å². The third-order valence-corrected chi connectivity index (χ3v) is 26.1. The summed E-state index contributed by atoms with van der Waals surface area (Å²) < 4.78 is 0. The number of hydrogen-bond acceptors (Lipinski definition) is 0. The molecule has 0 aliphatic carbocycles. The molecule has 0 fully saturated rings. The zero-order valence-corrected chi connectivity index (χ0v) is 89.1. The zero-order valence-electron chi connectivity index (χ0n) is 89.1. The van der Waals surface area contributed by atoms with Crippen LogP contribution in [0.25, 0.3) is 64.6 Å². The Kier molecular flexibility index (Phi) is 43.3. The summed E-state index contributed by atoms with van der Waals surface area (Å²) >= 11 is 0. The highest BCUT2D eigenvalue weighted by Gasteiger charge is 2.18. The van der Waals surface area contributed by atoms with Crippen molar-refractivity contribution in [2.24, 2.45) is 0 Å². The van der Waals surface area contributed by atoms with Crippen molar-refractivity contribution in [3.05, 3.63) is 391 Å². The third kappa shape index (κ3) is 31.0. The van der Waals surface area contributed by atoms with E-state index in [4.69, 9.17) is 0 Å². The van der Waals surface area contributed by atoms with Crippen LogP contribution in [0.5, 0.6) is 0 Å². The monoisotopic (exact) mass is 1760 g/mol. The highest BCUT2D eigenvalue weighted by molar-refractivity contribution is 5.93. The molecule has 0 radical (unpaired) electrons. The summed E-state index contributed by atoms with van der Waals surface area (Å²) in [6.07, 6.45) is 0. The molecule has 0 saturated heterocycles. The van der Waals surface area contributed by atoms with Crippen molar-refractivity contribution >= 4 is 64.6 Å². The Morgan fingerprint density at radius 2 is 0.333 bits per heavy atom. The molecule has 0 N–H and O–H groups in total. The summed E-state index contributed by atoms with van der Waals surface area (Å²) in [6.45, 7) is 81.1. The van der Waals surface area contributed by atoms with E-state index in [1.807, 2.05) is 0 Å². The zero-order chi connectivity index (χ0) is 97.7. The second-order valence-electron chi connectivity index (χ2n) is 42.6. The first-order valence-corrected chi connectivity index (χ1v) is 50.9. The van der Waals surface area contributed by atoms with Gasteiger partial charge in [-0.3, -0.25) is 0 Å². The van der Waals surface area contributed by atoms with Gasteiger partial charge in [-0.05, 0) is 271 Å². The smallest absolute Gasteiger partial charge is 0.0115 e. The Hall–Kier alpha value is -10.1. The molecule has 0 aliphatic rings. The van der Waals surface area contributed by atoms with Crippen LogP contribution in [0.2, 0.25) is 0 Å². The van der Waals surface area contributed by atoms with Crippen molar-refractivity contribution in [3.8, 4) is 0 Å². The molecule has 702 valence electrons. The second-order valence-corrected chi connectivity index (χ2v) is 42.6. The van der Waals surface area contributed by atoms with Gasteiger partial charge in [0.1, 0.15) is 0 Å². The lowest BCUT2D eigenvalue weighted by molar-refractivity contribution is 0.790. The molecule has 0 saturated carbocycles. The molecule has 15 aromatic carbocycles. The number of fused-ring (bicyclic) bond motifs is 6. The summed E-state index contributed by atoms with van der Waals surface area (Å²) in [5.74, 6) is 11.0. The van der Waals surface area contributed by atoms with Gasteiger partial charge < -0.3 is 0 Å². The van der Waals surface area contributed by atoms with Gasteiger partial charge in [0.2, 0.25) is 0 Å². The lowest BCUT2D eigenvalue weighted by atomic mass is 9.89. The van der Waals surface area contributed by atoms with Gasteiger partial charge in [0.15, 0.2) is 0 Å². The molecule has 0 atom stereocenters. The number of rotatable bonds is 18. The summed E-state index contributed by atoms with van der Waals surface area (Å²) in [7, 11) is 0. The molecule has 132 heavy (non-hydrogen) atoms. The van der Waals surface area contributed by atoms with Crippen LogP contribution in [0.3, 0.4) is 0 Å². The summed E-state index contributed by atoms with van der Waals surface area (Å²) in [4.78, 5) is 0. The fraction of sp³-hybridized carbons (Fsp3) is 0.409.